The molecule has 20 heavy (non-hydrogen) atoms. The zero-order valence-corrected chi connectivity index (χ0v) is 11.1. The minimum absolute atomic E-state index is 0.928. The van der Waals surface area contributed by atoms with Crippen molar-refractivity contribution in [1.29, 1.82) is 0 Å². The number of H-pyrrole nitrogens is 1. The summed E-state index contributed by atoms with van der Waals surface area (Å²) in [4.78, 5) is 12.0. The molecule has 3 nitrogen and oxygen atoms in total. The van der Waals surface area contributed by atoms with Gasteiger partial charge in [0.05, 0.1) is 5.52 Å². The van der Waals surface area contributed by atoms with Gasteiger partial charge < -0.3 is 4.98 Å². The Morgan fingerprint density at radius 1 is 1.05 bits per heavy atom. The number of rotatable bonds is 1. The molecular formula is C17H13N3. The molecule has 0 spiro atoms. The number of nitrogens with zero attached hydrogens (tertiary/aromatic N) is 2. The quantitative estimate of drug-likeness (QED) is 0.559. The molecule has 3 heterocycles. The highest BCUT2D eigenvalue weighted by atomic mass is 14.8. The van der Waals surface area contributed by atoms with Gasteiger partial charge in [-0.25, -0.2) is 4.98 Å². The van der Waals surface area contributed by atoms with E-state index in [0.29, 0.717) is 0 Å². The highest BCUT2D eigenvalue weighted by Crippen LogP contribution is 2.30. The highest BCUT2D eigenvalue weighted by molar-refractivity contribution is 5.96. The lowest BCUT2D eigenvalue weighted by atomic mass is 10.0. The fraction of sp³-hybridized carbons (Fsp3) is 0.0588. The minimum atomic E-state index is 0.928. The highest BCUT2D eigenvalue weighted by Gasteiger charge is 2.08. The molecule has 0 aliphatic carbocycles. The van der Waals surface area contributed by atoms with Crippen LogP contribution in [-0.2, 0) is 0 Å². The van der Waals surface area contributed by atoms with E-state index >= 15 is 0 Å². The van der Waals surface area contributed by atoms with Crippen LogP contribution in [0.4, 0.5) is 0 Å². The third kappa shape index (κ3) is 1.67. The maximum atomic E-state index is 4.42. The van der Waals surface area contributed by atoms with E-state index < -0.39 is 0 Å². The molecule has 0 amide bonds. The van der Waals surface area contributed by atoms with Crippen molar-refractivity contribution in [3.05, 3.63) is 60.6 Å². The Balaban J connectivity index is 1.98. The third-order valence-corrected chi connectivity index (χ3v) is 3.58. The molecule has 96 valence electrons. The number of hydrogen-bond acceptors (Lipinski definition) is 2. The smallest absolute Gasteiger partial charge is 0.137 e. The molecule has 0 fully saturated rings. The van der Waals surface area contributed by atoms with Crippen molar-refractivity contribution in [2.75, 3.05) is 0 Å². The van der Waals surface area contributed by atoms with E-state index in [1.54, 1.807) is 0 Å². The van der Waals surface area contributed by atoms with Crippen LogP contribution < -0.4 is 0 Å². The van der Waals surface area contributed by atoms with E-state index in [0.717, 1.165) is 21.9 Å². The summed E-state index contributed by atoms with van der Waals surface area (Å²) in [6.07, 6.45) is 5.72. The maximum Gasteiger partial charge on any atom is 0.137 e. The molecule has 0 aliphatic heterocycles. The first-order valence-corrected chi connectivity index (χ1v) is 6.60. The van der Waals surface area contributed by atoms with Crippen LogP contribution in [0.5, 0.6) is 0 Å². The minimum Gasteiger partial charge on any atom is -0.346 e. The Kier molecular flexibility index (Phi) is 2.33. The maximum absolute atomic E-state index is 4.42. The van der Waals surface area contributed by atoms with Gasteiger partial charge >= 0.3 is 0 Å². The number of aromatic nitrogens is 3. The molecule has 3 aromatic heterocycles. The second-order valence-corrected chi connectivity index (χ2v) is 5.02. The number of hydrogen-bond donors (Lipinski definition) is 1. The second-order valence-electron chi connectivity index (χ2n) is 5.02. The third-order valence-electron chi connectivity index (χ3n) is 3.58. The SMILES string of the molecule is Cc1cnc2[nH]cc(-c3ccc4ncccc4c3)c2c1. The molecule has 0 atom stereocenters. The van der Waals surface area contributed by atoms with Crippen molar-refractivity contribution < 1.29 is 0 Å². The normalized spacial score (nSPS) is 11.2. The molecule has 3 heteroatoms. The number of fused-ring (bicyclic) bond motifs is 2. The first kappa shape index (κ1) is 11.2. The van der Waals surface area contributed by atoms with Gasteiger partial charge in [-0.3, -0.25) is 4.98 Å². The van der Waals surface area contributed by atoms with E-state index in [1.165, 1.54) is 16.7 Å². The van der Waals surface area contributed by atoms with Crippen LogP contribution >= 0.6 is 0 Å². The zero-order chi connectivity index (χ0) is 13.5. The van der Waals surface area contributed by atoms with Crippen LogP contribution in [-0.4, -0.2) is 15.0 Å². The van der Waals surface area contributed by atoms with Gasteiger partial charge in [0.25, 0.3) is 0 Å². The number of benzene rings is 1. The number of nitrogens with one attached hydrogen (secondary N) is 1. The van der Waals surface area contributed by atoms with E-state index in [9.17, 15) is 0 Å². The monoisotopic (exact) mass is 259 g/mol. The topological polar surface area (TPSA) is 41.6 Å². The number of aryl methyl sites for hydroxylation is 1. The molecule has 0 bridgehead atoms. The standard InChI is InChI=1S/C17H13N3/c1-11-7-14-15(10-20-17(14)19-9-11)12-4-5-16-13(8-12)3-2-6-18-16/h2-10H,1H3,(H,19,20). The summed E-state index contributed by atoms with van der Waals surface area (Å²) in [6, 6.07) is 12.6. The second kappa shape index (κ2) is 4.17. The van der Waals surface area contributed by atoms with Crippen molar-refractivity contribution in [2.45, 2.75) is 6.92 Å². The largest absolute Gasteiger partial charge is 0.346 e. The van der Waals surface area contributed by atoms with Crippen LogP contribution in [0.15, 0.2) is 55.0 Å². The van der Waals surface area contributed by atoms with Gasteiger partial charge in [-0.1, -0.05) is 12.1 Å². The van der Waals surface area contributed by atoms with Crippen LogP contribution in [0.25, 0.3) is 33.1 Å². The fourth-order valence-corrected chi connectivity index (χ4v) is 2.59. The van der Waals surface area contributed by atoms with Crippen molar-refractivity contribution in [1.82, 2.24) is 15.0 Å². The molecule has 1 aromatic carbocycles. The number of aromatic amines is 1. The van der Waals surface area contributed by atoms with Crippen molar-refractivity contribution in [3.8, 4) is 11.1 Å². The van der Waals surface area contributed by atoms with Crippen LogP contribution in [0.2, 0.25) is 0 Å². The predicted octanol–water partition coefficient (Wildman–Crippen LogP) is 4.09. The number of pyridine rings is 2. The van der Waals surface area contributed by atoms with E-state index in [2.05, 4.69) is 52.2 Å². The predicted molar refractivity (Wildman–Crippen MR) is 81.6 cm³/mol. The summed E-state index contributed by atoms with van der Waals surface area (Å²) in [5.41, 5.74) is 5.48. The molecule has 0 saturated carbocycles. The summed E-state index contributed by atoms with van der Waals surface area (Å²) >= 11 is 0. The Bertz CT molecular complexity index is 922. The molecule has 4 aromatic rings. The first-order valence-electron chi connectivity index (χ1n) is 6.60. The fourth-order valence-electron chi connectivity index (χ4n) is 2.59. The molecule has 0 saturated heterocycles. The summed E-state index contributed by atoms with van der Waals surface area (Å²) in [5.74, 6) is 0. The Morgan fingerprint density at radius 2 is 2.00 bits per heavy atom. The van der Waals surface area contributed by atoms with Gasteiger partial charge in [0.1, 0.15) is 5.65 Å². The lowest BCUT2D eigenvalue weighted by Gasteiger charge is -2.02. The lowest BCUT2D eigenvalue weighted by Crippen LogP contribution is -1.82. The molecule has 0 radical (unpaired) electrons. The Morgan fingerprint density at radius 3 is 2.95 bits per heavy atom. The van der Waals surface area contributed by atoms with Crippen molar-refractivity contribution >= 4 is 21.9 Å². The average molecular weight is 259 g/mol. The van der Waals surface area contributed by atoms with Gasteiger partial charge in [-0.05, 0) is 42.3 Å². The van der Waals surface area contributed by atoms with E-state index in [1.807, 2.05) is 24.7 Å². The Hall–Kier alpha value is -2.68. The zero-order valence-electron chi connectivity index (χ0n) is 11.1. The Labute approximate surface area is 116 Å². The van der Waals surface area contributed by atoms with E-state index in [4.69, 9.17) is 0 Å². The molecule has 0 unspecified atom stereocenters. The first-order chi connectivity index (χ1) is 9.81. The van der Waals surface area contributed by atoms with Gasteiger partial charge in [0, 0.05) is 34.9 Å². The van der Waals surface area contributed by atoms with Gasteiger partial charge in [-0.2, -0.15) is 0 Å². The summed E-state index contributed by atoms with van der Waals surface area (Å²) in [6.45, 7) is 2.06. The van der Waals surface area contributed by atoms with Crippen LogP contribution in [0.1, 0.15) is 5.56 Å². The van der Waals surface area contributed by atoms with Crippen molar-refractivity contribution in [2.24, 2.45) is 0 Å². The summed E-state index contributed by atoms with van der Waals surface area (Å²) in [5, 5.41) is 2.31. The molecule has 4 rings (SSSR count). The van der Waals surface area contributed by atoms with Crippen LogP contribution in [0, 0.1) is 6.92 Å². The molecular weight excluding hydrogens is 246 g/mol. The lowest BCUT2D eigenvalue weighted by molar-refractivity contribution is 1.29. The van der Waals surface area contributed by atoms with Crippen molar-refractivity contribution in [3.63, 3.8) is 0 Å². The molecule has 1 N–H and O–H groups in total. The summed E-state index contributed by atoms with van der Waals surface area (Å²) < 4.78 is 0. The van der Waals surface area contributed by atoms with Gasteiger partial charge in [0.2, 0.25) is 0 Å². The molecule has 0 aliphatic rings. The van der Waals surface area contributed by atoms with E-state index in [-0.39, 0.29) is 0 Å². The average Bonchev–Trinajstić information content (AvgIpc) is 2.89. The van der Waals surface area contributed by atoms with Gasteiger partial charge in [0.15, 0.2) is 0 Å². The summed E-state index contributed by atoms with van der Waals surface area (Å²) in [7, 11) is 0. The van der Waals surface area contributed by atoms with Gasteiger partial charge in [-0.15, -0.1) is 0 Å². The van der Waals surface area contributed by atoms with Crippen LogP contribution in [0.3, 0.4) is 0 Å².